The zero-order valence-corrected chi connectivity index (χ0v) is 17.9. The average molecular weight is 580 g/mol. The van der Waals surface area contributed by atoms with Gasteiger partial charge in [-0.25, -0.2) is 8.42 Å². The van der Waals surface area contributed by atoms with Crippen LogP contribution < -0.4 is 0 Å². The topological polar surface area (TPSA) is 34.1 Å². The number of rotatable bonds is 5. The number of hydrogen-bond donors (Lipinski definition) is 0. The minimum atomic E-state index is -6.85. The molecule has 0 fully saturated rings. The third-order valence-corrected chi connectivity index (χ3v) is 8.82. The Labute approximate surface area is 170 Å². The van der Waals surface area contributed by atoms with E-state index in [0.29, 0.717) is 6.08 Å². The van der Waals surface area contributed by atoms with Crippen molar-refractivity contribution in [2.75, 3.05) is 0 Å². The third-order valence-electron chi connectivity index (χ3n) is 3.32. The second-order valence-corrected chi connectivity index (χ2v) is 10.1. The highest BCUT2D eigenvalue weighted by molar-refractivity contribution is 9.12. The first kappa shape index (κ1) is 24.5. The van der Waals surface area contributed by atoms with Gasteiger partial charge in [0.05, 0.1) is 14.3 Å². The molecule has 0 aromatic carbocycles. The van der Waals surface area contributed by atoms with Gasteiger partial charge in [0.1, 0.15) is 5.38 Å². The number of allylic oxidation sites excluding steroid dienone is 3. The van der Waals surface area contributed by atoms with Gasteiger partial charge in [0.15, 0.2) is 0 Å². The van der Waals surface area contributed by atoms with Crippen LogP contribution in [0.25, 0.3) is 0 Å². The molecule has 1 aliphatic carbocycles. The van der Waals surface area contributed by atoms with E-state index in [4.69, 9.17) is 23.2 Å². The second kappa shape index (κ2) is 7.38. The summed E-state index contributed by atoms with van der Waals surface area (Å²) in [6.45, 7) is 1.59. The molecule has 1 unspecified atom stereocenters. The van der Waals surface area contributed by atoms with Gasteiger partial charge in [0, 0.05) is 4.48 Å². The Balaban J connectivity index is 3.74. The van der Waals surface area contributed by atoms with E-state index in [0.717, 1.165) is 0 Å². The Kier molecular flexibility index (Phi) is 6.96. The fourth-order valence-electron chi connectivity index (χ4n) is 1.95. The van der Waals surface area contributed by atoms with E-state index in [9.17, 15) is 39.2 Å². The highest BCUT2D eigenvalue weighted by Crippen LogP contribution is 2.57. The molecule has 0 aliphatic heterocycles. The summed E-state index contributed by atoms with van der Waals surface area (Å²) >= 11 is 17.5. The molecule has 0 N–H and O–H groups in total. The number of alkyl halides is 8. The van der Waals surface area contributed by atoms with Crippen molar-refractivity contribution in [2.24, 2.45) is 0 Å². The van der Waals surface area contributed by atoms with Crippen LogP contribution in [0.5, 0.6) is 0 Å². The van der Waals surface area contributed by atoms with Crippen molar-refractivity contribution < 1.29 is 39.2 Å². The van der Waals surface area contributed by atoms with E-state index in [1.807, 2.05) is 0 Å². The molecule has 0 spiro atoms. The fourth-order valence-corrected chi connectivity index (χ4v) is 6.15. The zero-order valence-electron chi connectivity index (χ0n) is 12.4. The predicted molar refractivity (Wildman–Crippen MR) is 90.4 cm³/mol. The van der Waals surface area contributed by atoms with E-state index < -0.39 is 41.5 Å². The van der Waals surface area contributed by atoms with E-state index in [2.05, 4.69) is 31.9 Å². The summed E-state index contributed by atoms with van der Waals surface area (Å²) in [6, 6.07) is 0. The largest absolute Gasteiger partial charge is 0.461 e. The lowest BCUT2D eigenvalue weighted by Gasteiger charge is -2.36. The predicted octanol–water partition coefficient (Wildman–Crippen LogP) is 6.64. The standard InChI is InChI=1S/C12H8Br2Cl2F7O2S/c1-2-3-9(14)7(15)5(13)4-6(8(9)16)26(24,25)12(22,23)10(17,18)11(19,20)21/h4H,2-3H2,1H3. The van der Waals surface area contributed by atoms with E-state index in [1.54, 1.807) is 6.92 Å². The Morgan fingerprint density at radius 3 is 1.96 bits per heavy atom. The van der Waals surface area contributed by atoms with Crippen LogP contribution in [-0.2, 0) is 9.84 Å². The molecule has 26 heavy (non-hydrogen) atoms. The monoisotopic (exact) mass is 577 g/mol. The summed E-state index contributed by atoms with van der Waals surface area (Å²) in [6.07, 6.45) is -6.24. The highest BCUT2D eigenvalue weighted by atomic mass is 79.9. The molecule has 1 atom stereocenters. The van der Waals surface area contributed by atoms with Gasteiger partial charge in [-0.05, 0) is 12.5 Å². The van der Waals surface area contributed by atoms with Crippen molar-refractivity contribution in [2.45, 2.75) is 41.4 Å². The average Bonchev–Trinajstić information content (AvgIpc) is 2.47. The van der Waals surface area contributed by atoms with Crippen LogP contribution in [0.1, 0.15) is 19.8 Å². The molecule has 1 aliphatic rings. The van der Waals surface area contributed by atoms with Crippen LogP contribution in [0.15, 0.2) is 20.5 Å². The molecular weight excluding hydrogens is 572 g/mol. The minimum Gasteiger partial charge on any atom is -0.217 e. The maximum absolute atomic E-state index is 13.8. The lowest BCUT2D eigenvalue weighted by atomic mass is 9.94. The molecule has 151 valence electrons. The van der Waals surface area contributed by atoms with E-state index in [1.165, 1.54) is 0 Å². The second-order valence-electron chi connectivity index (χ2n) is 5.13. The number of sulfone groups is 1. The Bertz CT molecular complexity index is 749. The molecule has 1 rings (SSSR count). The Hall–Kier alpha value is 0.480. The van der Waals surface area contributed by atoms with Crippen molar-refractivity contribution in [1.29, 1.82) is 0 Å². The summed E-state index contributed by atoms with van der Waals surface area (Å²) in [4.78, 5) is -1.60. The summed E-state index contributed by atoms with van der Waals surface area (Å²) in [5.74, 6) is -6.85. The fraction of sp³-hybridized carbons (Fsp3) is 0.583. The molecule has 0 aromatic rings. The van der Waals surface area contributed by atoms with Gasteiger partial charge in [-0.3, -0.25) is 0 Å². The van der Waals surface area contributed by atoms with E-state index in [-0.39, 0.29) is 22.7 Å². The molecule has 0 saturated carbocycles. The van der Waals surface area contributed by atoms with Crippen molar-refractivity contribution in [3.05, 3.63) is 25.9 Å². The molecule has 1 radical (unpaired) electrons. The molecule has 14 heteroatoms. The first-order valence-corrected chi connectivity index (χ1v) is 10.3. The van der Waals surface area contributed by atoms with Gasteiger partial charge < -0.3 is 0 Å². The first-order valence-electron chi connectivity index (χ1n) is 6.46. The SMILES string of the molecule is CCCC1(Br)[C](Cl)C(Br)=CC(S(=O)(=O)C(F)(F)C(F)(F)C(F)(F)F)=C1Cl. The molecule has 0 saturated heterocycles. The maximum atomic E-state index is 13.8. The summed E-state index contributed by atoms with van der Waals surface area (Å²) < 4.78 is 113. The normalized spacial score (nSPS) is 24.1. The van der Waals surface area contributed by atoms with Crippen LogP contribution in [-0.4, -0.2) is 30.1 Å². The van der Waals surface area contributed by atoms with Crippen LogP contribution in [0.2, 0.25) is 0 Å². The van der Waals surface area contributed by atoms with Gasteiger partial charge >= 0.3 is 17.4 Å². The quantitative estimate of drug-likeness (QED) is 0.270. The molecule has 0 bridgehead atoms. The van der Waals surface area contributed by atoms with Crippen molar-refractivity contribution in [1.82, 2.24) is 0 Å². The highest BCUT2D eigenvalue weighted by Gasteiger charge is 2.79. The van der Waals surface area contributed by atoms with Crippen LogP contribution in [0, 0.1) is 5.38 Å². The molecule has 2 nitrogen and oxygen atoms in total. The minimum absolute atomic E-state index is 0.0616. The maximum Gasteiger partial charge on any atom is 0.461 e. The van der Waals surface area contributed by atoms with Gasteiger partial charge in [-0.1, -0.05) is 56.8 Å². The molecule has 0 amide bonds. The first-order chi connectivity index (χ1) is 11.4. The molecule has 0 aromatic heterocycles. The Morgan fingerprint density at radius 1 is 1.12 bits per heavy atom. The van der Waals surface area contributed by atoms with Crippen molar-refractivity contribution >= 4 is 64.9 Å². The summed E-state index contributed by atoms with van der Waals surface area (Å²) in [5.41, 5.74) is 0. The third kappa shape index (κ3) is 3.57. The van der Waals surface area contributed by atoms with Gasteiger partial charge in [0.2, 0.25) is 0 Å². The lowest BCUT2D eigenvalue weighted by Crippen LogP contribution is -2.56. The zero-order chi connectivity index (χ0) is 20.9. The van der Waals surface area contributed by atoms with Crippen LogP contribution in [0.4, 0.5) is 30.7 Å². The molecule has 0 heterocycles. The smallest absolute Gasteiger partial charge is 0.217 e. The van der Waals surface area contributed by atoms with Crippen molar-refractivity contribution in [3.8, 4) is 0 Å². The van der Waals surface area contributed by atoms with Gasteiger partial charge in [-0.15, -0.1) is 11.6 Å². The van der Waals surface area contributed by atoms with Gasteiger partial charge in [0.25, 0.3) is 9.84 Å². The molecular formula is C12H8Br2Cl2F7O2S. The summed E-state index contributed by atoms with van der Waals surface area (Å²) in [5, 5.41) is -7.65. The summed E-state index contributed by atoms with van der Waals surface area (Å²) in [7, 11) is -6.56. The van der Waals surface area contributed by atoms with Crippen LogP contribution >= 0.6 is 55.1 Å². The Morgan fingerprint density at radius 2 is 1.58 bits per heavy atom. The number of halogens is 11. The van der Waals surface area contributed by atoms with Crippen molar-refractivity contribution in [3.63, 3.8) is 0 Å². The van der Waals surface area contributed by atoms with E-state index >= 15 is 0 Å². The van der Waals surface area contributed by atoms with Crippen LogP contribution in [0.3, 0.4) is 0 Å². The number of hydrogen-bond acceptors (Lipinski definition) is 2. The lowest BCUT2D eigenvalue weighted by molar-refractivity contribution is -0.331. The van der Waals surface area contributed by atoms with Gasteiger partial charge in [-0.2, -0.15) is 30.7 Å².